The van der Waals surface area contributed by atoms with E-state index in [9.17, 15) is 40.2 Å². The summed E-state index contributed by atoms with van der Waals surface area (Å²) in [6, 6.07) is -2.79. The molecule has 0 bridgehead atoms. The Bertz CT molecular complexity index is 621. The highest BCUT2D eigenvalue weighted by Crippen LogP contribution is 2.28. The molecule has 2 rings (SSSR count). The zero-order chi connectivity index (χ0) is 21.9. The minimum atomic E-state index is -1.73. The molecule has 8 atom stereocenters. The SMILES string of the molecule is NC1=NCC(N(C(=O)[C@@H](N)CO)[C@H](C=O)CO)N1C1OC(CO)C(O)C(O)C1O. The van der Waals surface area contributed by atoms with E-state index >= 15 is 0 Å². The first-order chi connectivity index (χ1) is 13.7. The monoisotopic (exact) mass is 421 g/mol. The molecule has 2 heterocycles. The van der Waals surface area contributed by atoms with E-state index in [4.69, 9.17) is 16.2 Å². The number of hydrogen-bond donors (Lipinski definition) is 8. The van der Waals surface area contributed by atoms with Crippen molar-refractivity contribution < 1.29 is 45.0 Å². The number of ether oxygens (including phenoxy) is 1. The maximum Gasteiger partial charge on any atom is 0.244 e. The lowest BCUT2D eigenvalue weighted by atomic mass is 9.97. The van der Waals surface area contributed by atoms with Crippen molar-refractivity contribution in [1.82, 2.24) is 9.80 Å². The van der Waals surface area contributed by atoms with Crippen LogP contribution in [0, 0.1) is 0 Å². The van der Waals surface area contributed by atoms with Crippen LogP contribution >= 0.6 is 0 Å². The second-order valence-electron chi connectivity index (χ2n) is 6.73. The van der Waals surface area contributed by atoms with Gasteiger partial charge in [-0.15, -0.1) is 0 Å². The smallest absolute Gasteiger partial charge is 0.244 e. The topological polar surface area (TPSA) is 236 Å². The number of amides is 1. The maximum atomic E-state index is 12.7. The number of carbonyl (C=O) groups excluding carboxylic acids is 2. The summed E-state index contributed by atoms with van der Waals surface area (Å²) in [4.78, 5) is 30.0. The fourth-order valence-corrected chi connectivity index (χ4v) is 3.33. The Kier molecular flexibility index (Phi) is 7.84. The highest BCUT2D eigenvalue weighted by atomic mass is 16.6. The lowest BCUT2D eigenvalue weighted by Crippen LogP contribution is -2.69. The van der Waals surface area contributed by atoms with Crippen molar-refractivity contribution in [1.29, 1.82) is 0 Å². The van der Waals surface area contributed by atoms with Gasteiger partial charge in [0.15, 0.2) is 12.2 Å². The normalized spacial score (nSPS) is 34.4. The predicted octanol–water partition coefficient (Wildman–Crippen LogP) is -6.55. The molecule has 0 radical (unpaired) electrons. The molecule has 10 N–H and O–H groups in total. The summed E-state index contributed by atoms with van der Waals surface area (Å²) in [5.74, 6) is -1.12. The van der Waals surface area contributed by atoms with Gasteiger partial charge < -0.3 is 56.5 Å². The molecule has 1 amide bonds. The van der Waals surface area contributed by atoms with Gasteiger partial charge >= 0.3 is 0 Å². The van der Waals surface area contributed by atoms with Crippen molar-refractivity contribution in [3.8, 4) is 0 Å². The second-order valence-corrected chi connectivity index (χ2v) is 6.73. The van der Waals surface area contributed by atoms with E-state index in [2.05, 4.69) is 4.99 Å². The first-order valence-corrected chi connectivity index (χ1v) is 8.86. The minimum absolute atomic E-state index is 0.199. The van der Waals surface area contributed by atoms with Crippen molar-refractivity contribution >= 4 is 18.2 Å². The van der Waals surface area contributed by atoms with Gasteiger partial charge in [-0.25, -0.2) is 4.99 Å². The molecule has 1 fully saturated rings. The Morgan fingerprint density at radius 1 is 1.24 bits per heavy atom. The summed E-state index contributed by atoms with van der Waals surface area (Å²) in [5, 5.41) is 58.5. The molecule has 14 nitrogen and oxygen atoms in total. The molecule has 0 saturated carbocycles. The summed E-state index contributed by atoms with van der Waals surface area (Å²) in [6.45, 7) is -2.40. The average Bonchev–Trinajstić information content (AvgIpc) is 3.10. The van der Waals surface area contributed by atoms with Gasteiger partial charge in [-0.1, -0.05) is 0 Å². The van der Waals surface area contributed by atoms with Gasteiger partial charge in [0, 0.05) is 0 Å². The Balaban J connectivity index is 2.42. The maximum absolute atomic E-state index is 12.7. The molecule has 2 aliphatic rings. The van der Waals surface area contributed by atoms with E-state index in [-0.39, 0.29) is 12.5 Å². The number of nitrogens with two attached hydrogens (primary N) is 2. The van der Waals surface area contributed by atoms with Gasteiger partial charge in [0.05, 0.1) is 26.4 Å². The molecule has 0 aromatic carbocycles. The third kappa shape index (κ3) is 4.34. The van der Waals surface area contributed by atoms with Crippen molar-refractivity contribution in [2.45, 2.75) is 48.9 Å². The molecule has 0 aliphatic carbocycles. The van der Waals surface area contributed by atoms with Crippen LogP contribution in [0.4, 0.5) is 0 Å². The van der Waals surface area contributed by atoms with Crippen LogP contribution in [0.1, 0.15) is 0 Å². The summed E-state index contributed by atoms with van der Waals surface area (Å²) in [6.07, 6.45) is -8.67. The lowest BCUT2D eigenvalue weighted by Gasteiger charge is -2.48. The van der Waals surface area contributed by atoms with Crippen LogP contribution in [0.2, 0.25) is 0 Å². The molecule has 1 saturated heterocycles. The van der Waals surface area contributed by atoms with Crippen LogP contribution in [0.5, 0.6) is 0 Å². The summed E-state index contributed by atoms with van der Waals surface area (Å²) in [7, 11) is 0. The van der Waals surface area contributed by atoms with Crippen molar-refractivity contribution in [2.24, 2.45) is 16.5 Å². The molecular weight excluding hydrogens is 394 g/mol. The zero-order valence-corrected chi connectivity index (χ0v) is 15.4. The Hall–Kier alpha value is -1.91. The standard InChI is InChI=1S/C15H27N5O9/c16-7(4-23)13(28)19(6(2-21)3-22)9-1-18-15(17)20(9)14-12(27)11(26)10(25)8(5-24)29-14/h2,6-12,14,22-27H,1,3-5,16H2,(H2,17,18)/t6-,7+,8?,9?,10?,11?,12?,14?/m1/s1. The highest BCUT2D eigenvalue weighted by Gasteiger charge is 2.51. The number of aliphatic hydroxyl groups excluding tert-OH is 6. The van der Waals surface area contributed by atoms with Crippen LogP contribution in [0.15, 0.2) is 4.99 Å². The van der Waals surface area contributed by atoms with E-state index in [0.29, 0.717) is 6.29 Å². The first kappa shape index (κ1) is 23.4. The van der Waals surface area contributed by atoms with Crippen molar-refractivity contribution in [2.75, 3.05) is 26.4 Å². The van der Waals surface area contributed by atoms with Crippen LogP contribution in [0.25, 0.3) is 0 Å². The minimum Gasteiger partial charge on any atom is -0.394 e. The van der Waals surface area contributed by atoms with Gasteiger partial charge in [-0.3, -0.25) is 9.69 Å². The van der Waals surface area contributed by atoms with Crippen LogP contribution in [-0.2, 0) is 14.3 Å². The summed E-state index contributed by atoms with van der Waals surface area (Å²) in [5.41, 5.74) is 11.5. The zero-order valence-electron chi connectivity index (χ0n) is 15.4. The Labute approximate surface area is 165 Å². The van der Waals surface area contributed by atoms with Gasteiger partial charge in [-0.2, -0.15) is 0 Å². The first-order valence-electron chi connectivity index (χ1n) is 8.86. The van der Waals surface area contributed by atoms with Gasteiger partial charge in [0.25, 0.3) is 0 Å². The Morgan fingerprint density at radius 3 is 2.41 bits per heavy atom. The second kappa shape index (κ2) is 9.73. The number of hydrogen-bond acceptors (Lipinski definition) is 13. The third-order valence-electron chi connectivity index (χ3n) is 4.93. The number of aldehydes is 1. The highest BCUT2D eigenvalue weighted by molar-refractivity contribution is 5.87. The van der Waals surface area contributed by atoms with Gasteiger partial charge in [-0.05, 0) is 0 Å². The molecule has 14 heteroatoms. The molecule has 29 heavy (non-hydrogen) atoms. The molecule has 2 aliphatic heterocycles. The van der Waals surface area contributed by atoms with Gasteiger partial charge in [0.2, 0.25) is 5.91 Å². The molecule has 0 spiro atoms. The number of aliphatic imine (C=N–C) groups is 1. The van der Waals surface area contributed by atoms with E-state index < -0.39 is 74.6 Å². The Morgan fingerprint density at radius 2 is 1.90 bits per heavy atom. The van der Waals surface area contributed by atoms with Gasteiger partial charge in [0.1, 0.15) is 49.0 Å². The summed E-state index contributed by atoms with van der Waals surface area (Å²) >= 11 is 0. The molecule has 0 aromatic rings. The third-order valence-corrected chi connectivity index (χ3v) is 4.93. The van der Waals surface area contributed by atoms with Crippen LogP contribution in [0.3, 0.4) is 0 Å². The quantitative estimate of drug-likeness (QED) is 0.171. The molecular formula is C15H27N5O9. The summed E-state index contributed by atoms with van der Waals surface area (Å²) < 4.78 is 5.46. The van der Waals surface area contributed by atoms with E-state index in [1.165, 1.54) is 0 Å². The van der Waals surface area contributed by atoms with Crippen LogP contribution in [-0.4, -0.2) is 134 Å². The van der Waals surface area contributed by atoms with Crippen LogP contribution < -0.4 is 11.5 Å². The fraction of sp³-hybridized carbons (Fsp3) is 0.800. The molecule has 166 valence electrons. The fourth-order valence-electron chi connectivity index (χ4n) is 3.33. The van der Waals surface area contributed by atoms with E-state index in [1.54, 1.807) is 0 Å². The number of carbonyl (C=O) groups is 2. The largest absolute Gasteiger partial charge is 0.394 e. The van der Waals surface area contributed by atoms with E-state index in [1.807, 2.05) is 0 Å². The number of rotatable bonds is 8. The number of guanidine groups is 1. The average molecular weight is 421 g/mol. The van der Waals surface area contributed by atoms with Crippen molar-refractivity contribution in [3.05, 3.63) is 0 Å². The number of aliphatic hydroxyl groups is 6. The van der Waals surface area contributed by atoms with E-state index in [0.717, 1.165) is 9.80 Å². The number of nitrogens with zero attached hydrogens (tertiary/aromatic N) is 3. The molecule has 6 unspecified atom stereocenters. The van der Waals surface area contributed by atoms with Crippen molar-refractivity contribution in [3.63, 3.8) is 0 Å². The lowest BCUT2D eigenvalue weighted by molar-refractivity contribution is -0.262. The molecule has 0 aromatic heterocycles. The predicted molar refractivity (Wildman–Crippen MR) is 94.7 cm³/mol.